The Morgan fingerprint density at radius 3 is 2.71 bits per heavy atom. The molecule has 0 radical (unpaired) electrons. The Bertz CT molecular complexity index is 1580. The van der Waals surface area contributed by atoms with Crippen molar-refractivity contribution in [1.82, 2.24) is 24.2 Å². The molecule has 0 saturated carbocycles. The number of halogens is 2. The molecule has 1 unspecified atom stereocenters. The summed E-state index contributed by atoms with van der Waals surface area (Å²) in [4.78, 5) is 28.4. The molecule has 1 atom stereocenters. The monoisotopic (exact) mass is 596 g/mol. The summed E-state index contributed by atoms with van der Waals surface area (Å²) in [5.74, 6) is -0.0873. The molecule has 42 heavy (non-hydrogen) atoms. The van der Waals surface area contributed by atoms with Gasteiger partial charge in [-0.1, -0.05) is 6.07 Å². The summed E-state index contributed by atoms with van der Waals surface area (Å²) >= 11 is -0.116. The molecule has 11 nitrogen and oxygen atoms in total. The Morgan fingerprint density at radius 1 is 1.19 bits per heavy atom. The van der Waals surface area contributed by atoms with E-state index in [-0.39, 0.29) is 53.1 Å². The third kappa shape index (κ3) is 6.50. The highest BCUT2D eigenvalue weighted by atomic mass is 32.2. The molecule has 3 N–H and O–H groups in total. The fourth-order valence-electron chi connectivity index (χ4n) is 4.61. The summed E-state index contributed by atoms with van der Waals surface area (Å²) in [5, 5.41) is 14.9. The molecule has 0 bridgehead atoms. The first-order valence-electron chi connectivity index (χ1n) is 13.2. The van der Waals surface area contributed by atoms with Gasteiger partial charge in [-0.15, -0.1) is 3.89 Å². The van der Waals surface area contributed by atoms with Crippen molar-refractivity contribution in [3.8, 4) is 0 Å². The van der Waals surface area contributed by atoms with E-state index in [0.717, 1.165) is 28.4 Å². The van der Waals surface area contributed by atoms with Gasteiger partial charge in [0.1, 0.15) is 22.8 Å². The first kappa shape index (κ1) is 29.4. The molecule has 1 aliphatic heterocycles. The molecule has 4 heterocycles. The van der Waals surface area contributed by atoms with Crippen LogP contribution in [0.25, 0.3) is 11.2 Å². The van der Waals surface area contributed by atoms with E-state index in [4.69, 9.17) is 14.9 Å². The molecule has 1 aromatic carbocycles. The lowest BCUT2D eigenvalue weighted by Gasteiger charge is -2.27. The second-order valence-corrected chi connectivity index (χ2v) is 10.3. The maximum Gasteiger partial charge on any atom is 0.255 e. The van der Waals surface area contributed by atoms with Gasteiger partial charge in [-0.3, -0.25) is 10.2 Å². The third-order valence-corrected chi connectivity index (χ3v) is 7.14. The van der Waals surface area contributed by atoms with Crippen molar-refractivity contribution in [3.05, 3.63) is 77.1 Å². The Kier molecular flexibility index (Phi) is 9.25. The SMILES string of the molecule is COCC(C)NC(=O)c1cn(SF)c2ncc(C(=N)c3ccc(F)cc3NCc3ccc(N4CCOCC4)nc3)nc12. The predicted molar refractivity (Wildman–Crippen MR) is 157 cm³/mol. The van der Waals surface area contributed by atoms with Gasteiger partial charge in [0.2, 0.25) is 0 Å². The molecular formula is C28H30F2N8O3S. The van der Waals surface area contributed by atoms with Crippen molar-refractivity contribution in [2.75, 3.05) is 50.2 Å². The lowest BCUT2D eigenvalue weighted by atomic mass is 10.0. The summed E-state index contributed by atoms with van der Waals surface area (Å²) in [7, 11) is 1.52. The van der Waals surface area contributed by atoms with Crippen molar-refractivity contribution in [2.24, 2.45) is 0 Å². The Hall–Kier alpha value is -4.14. The van der Waals surface area contributed by atoms with Crippen molar-refractivity contribution < 1.29 is 22.5 Å². The molecule has 1 amide bonds. The lowest BCUT2D eigenvalue weighted by Crippen LogP contribution is -2.36. The molecule has 1 fully saturated rings. The van der Waals surface area contributed by atoms with Gasteiger partial charge in [-0.25, -0.2) is 23.3 Å². The number of hydrogen-bond acceptors (Lipinski definition) is 10. The fraction of sp³-hybridized carbons (Fsp3) is 0.321. The Labute approximate surface area is 245 Å². The largest absolute Gasteiger partial charge is 0.383 e. The van der Waals surface area contributed by atoms with Crippen LogP contribution >= 0.6 is 12.3 Å². The van der Waals surface area contributed by atoms with Crippen LogP contribution in [0.4, 0.5) is 19.8 Å². The number of aromatic nitrogens is 4. The normalized spacial score (nSPS) is 14.1. The van der Waals surface area contributed by atoms with E-state index in [1.54, 1.807) is 13.1 Å². The highest BCUT2D eigenvalue weighted by Crippen LogP contribution is 2.26. The number of morpholine rings is 1. The minimum absolute atomic E-state index is 0.0487. The van der Waals surface area contributed by atoms with Gasteiger partial charge in [0.15, 0.2) is 18.0 Å². The molecule has 14 heteroatoms. The number of methoxy groups -OCH3 is 1. The van der Waals surface area contributed by atoms with Crippen molar-refractivity contribution in [2.45, 2.75) is 19.5 Å². The average Bonchev–Trinajstić information content (AvgIpc) is 3.39. The number of carbonyl (C=O) groups excluding carboxylic acids is 1. The Balaban J connectivity index is 1.38. The molecule has 4 aromatic rings. The molecular weight excluding hydrogens is 566 g/mol. The lowest BCUT2D eigenvalue weighted by molar-refractivity contribution is 0.0907. The minimum atomic E-state index is -0.479. The summed E-state index contributed by atoms with van der Waals surface area (Å²) in [6.45, 7) is 5.30. The third-order valence-electron chi connectivity index (χ3n) is 6.71. The quantitative estimate of drug-likeness (QED) is 0.220. The van der Waals surface area contributed by atoms with Gasteiger partial charge >= 0.3 is 0 Å². The number of nitrogens with one attached hydrogen (secondary N) is 3. The van der Waals surface area contributed by atoms with Crippen LogP contribution in [0.2, 0.25) is 0 Å². The van der Waals surface area contributed by atoms with Gasteiger partial charge in [-0.05, 0) is 36.8 Å². The number of hydrogen-bond donors (Lipinski definition) is 3. The van der Waals surface area contributed by atoms with Crippen LogP contribution in [0.5, 0.6) is 0 Å². The number of amides is 1. The van der Waals surface area contributed by atoms with Crippen molar-refractivity contribution in [1.29, 1.82) is 5.41 Å². The summed E-state index contributed by atoms with van der Waals surface area (Å²) in [6, 6.07) is 7.62. The predicted octanol–water partition coefficient (Wildman–Crippen LogP) is 3.98. The first-order chi connectivity index (χ1) is 20.4. The van der Waals surface area contributed by atoms with E-state index in [9.17, 15) is 13.1 Å². The van der Waals surface area contributed by atoms with Crippen LogP contribution in [0.3, 0.4) is 0 Å². The number of carbonyl (C=O) groups is 1. The number of ether oxygens (including phenoxy) is 2. The minimum Gasteiger partial charge on any atom is -0.383 e. The highest BCUT2D eigenvalue weighted by Gasteiger charge is 2.22. The molecule has 3 aromatic heterocycles. The molecule has 5 rings (SSSR count). The van der Waals surface area contributed by atoms with E-state index in [2.05, 4.69) is 30.5 Å². The van der Waals surface area contributed by atoms with E-state index in [1.165, 1.54) is 37.7 Å². The highest BCUT2D eigenvalue weighted by molar-refractivity contribution is 7.92. The van der Waals surface area contributed by atoms with Crippen LogP contribution in [0, 0.1) is 11.2 Å². The standard InChI is InChI=1S/C28H30F2N8O3S/c1-17(16-40-2)35-28(39)21-15-38(42-30)27-26(21)36-23(14-34-27)25(31)20-5-4-19(29)11-22(20)32-12-18-3-6-24(33-13-18)37-7-9-41-10-8-37/h3-6,11,13-15,17,31-32H,7-10,12,16H2,1-2H3,(H,35,39). The number of anilines is 2. The van der Waals surface area contributed by atoms with Gasteiger partial charge in [0.25, 0.3) is 5.91 Å². The number of benzene rings is 1. The summed E-state index contributed by atoms with van der Waals surface area (Å²) in [5.41, 5.74) is 2.08. The van der Waals surface area contributed by atoms with Gasteiger partial charge in [-0.2, -0.15) is 0 Å². The fourth-order valence-corrected chi connectivity index (χ4v) is 4.96. The topological polar surface area (TPSA) is 130 Å². The van der Waals surface area contributed by atoms with Crippen LogP contribution < -0.4 is 15.5 Å². The second-order valence-electron chi connectivity index (χ2n) is 9.74. The molecule has 1 saturated heterocycles. The van der Waals surface area contributed by atoms with Crippen molar-refractivity contribution in [3.63, 3.8) is 0 Å². The van der Waals surface area contributed by atoms with Gasteiger partial charge in [0, 0.05) is 56.4 Å². The molecule has 1 aliphatic rings. The van der Waals surface area contributed by atoms with Crippen LogP contribution in [-0.2, 0) is 16.0 Å². The molecule has 0 aliphatic carbocycles. The van der Waals surface area contributed by atoms with E-state index < -0.39 is 11.7 Å². The molecule has 220 valence electrons. The number of fused-ring (bicyclic) bond motifs is 1. The van der Waals surface area contributed by atoms with Gasteiger partial charge in [0.05, 0.1) is 37.3 Å². The number of rotatable bonds is 11. The zero-order valence-corrected chi connectivity index (χ0v) is 23.9. The van der Waals surface area contributed by atoms with E-state index in [0.29, 0.717) is 31.0 Å². The maximum absolute atomic E-state index is 14.3. The number of pyridine rings is 1. The zero-order valence-electron chi connectivity index (χ0n) is 23.1. The smallest absolute Gasteiger partial charge is 0.255 e. The summed E-state index contributed by atoms with van der Waals surface area (Å²) < 4.78 is 39.5. The zero-order chi connectivity index (χ0) is 29.6. The second kappa shape index (κ2) is 13.2. The average molecular weight is 597 g/mol. The van der Waals surface area contributed by atoms with Crippen LogP contribution in [-0.4, -0.2) is 76.6 Å². The maximum atomic E-state index is 14.3. The first-order valence-corrected chi connectivity index (χ1v) is 13.9. The summed E-state index contributed by atoms with van der Waals surface area (Å²) in [6.07, 6.45) is 4.39. The molecule has 0 spiro atoms. The number of nitrogens with zero attached hydrogens (tertiary/aromatic N) is 5. The van der Waals surface area contributed by atoms with E-state index in [1.807, 2.05) is 12.1 Å². The van der Waals surface area contributed by atoms with Gasteiger partial charge < -0.3 is 25.0 Å². The Morgan fingerprint density at radius 2 is 2.00 bits per heavy atom. The van der Waals surface area contributed by atoms with E-state index >= 15 is 0 Å². The van der Waals surface area contributed by atoms with Crippen molar-refractivity contribution >= 4 is 46.6 Å². The van der Waals surface area contributed by atoms with Crippen LogP contribution in [0.1, 0.15) is 34.1 Å². The van der Waals surface area contributed by atoms with Crippen LogP contribution in [0.15, 0.2) is 48.9 Å².